The van der Waals surface area contributed by atoms with E-state index in [9.17, 15) is 4.79 Å². The maximum absolute atomic E-state index is 12.0. The molecule has 0 aliphatic heterocycles. The number of thioether (sulfide) groups is 1. The second-order valence-corrected chi connectivity index (χ2v) is 6.66. The van der Waals surface area contributed by atoms with Crippen LogP contribution in [-0.4, -0.2) is 29.0 Å². The topological polar surface area (TPSA) is 77.2 Å². The fourth-order valence-corrected chi connectivity index (χ4v) is 2.95. The van der Waals surface area contributed by atoms with Gasteiger partial charge >= 0.3 is 0 Å². The average Bonchev–Trinajstić information content (AvgIpc) is 3.14. The first-order chi connectivity index (χ1) is 12.6. The van der Waals surface area contributed by atoms with Gasteiger partial charge in [0.05, 0.1) is 12.9 Å². The Balaban J connectivity index is 1.50. The number of carbonyl (C=O) groups is 1. The van der Waals surface area contributed by atoms with E-state index < -0.39 is 0 Å². The van der Waals surface area contributed by atoms with Crippen LogP contribution in [0.2, 0.25) is 5.02 Å². The minimum absolute atomic E-state index is 0.125. The van der Waals surface area contributed by atoms with Crippen molar-refractivity contribution < 1.29 is 13.9 Å². The number of methoxy groups -OCH3 is 1. The lowest BCUT2D eigenvalue weighted by atomic mass is 10.2. The van der Waals surface area contributed by atoms with Crippen LogP contribution in [0.5, 0.6) is 5.75 Å². The van der Waals surface area contributed by atoms with Gasteiger partial charge in [-0.2, -0.15) is 0 Å². The van der Waals surface area contributed by atoms with Crippen molar-refractivity contribution in [2.75, 3.05) is 12.9 Å². The first-order valence-electron chi connectivity index (χ1n) is 7.76. The molecule has 1 amide bonds. The highest BCUT2D eigenvalue weighted by atomic mass is 35.5. The number of halogens is 1. The zero-order valence-electron chi connectivity index (χ0n) is 13.9. The van der Waals surface area contributed by atoms with Crippen molar-refractivity contribution in [1.29, 1.82) is 0 Å². The Hall–Kier alpha value is -2.51. The van der Waals surface area contributed by atoms with Crippen molar-refractivity contribution in [3.05, 3.63) is 59.1 Å². The second kappa shape index (κ2) is 8.73. The standard InChI is InChI=1S/C18H16ClN3O3S/c1-24-15-7-2-4-12(8-15)10-20-16(23)11-26-18-22-21-17(25-18)13-5-3-6-14(19)9-13/h2-9H,10-11H2,1H3,(H,20,23). The van der Waals surface area contributed by atoms with Gasteiger partial charge in [-0.15, -0.1) is 10.2 Å². The van der Waals surface area contributed by atoms with Gasteiger partial charge < -0.3 is 14.5 Å². The molecule has 0 unspecified atom stereocenters. The number of benzene rings is 2. The van der Waals surface area contributed by atoms with E-state index in [0.29, 0.717) is 22.7 Å². The molecular formula is C18H16ClN3O3S. The van der Waals surface area contributed by atoms with Gasteiger partial charge in [0, 0.05) is 17.1 Å². The molecule has 2 aromatic carbocycles. The first-order valence-corrected chi connectivity index (χ1v) is 9.12. The Morgan fingerprint density at radius 3 is 2.88 bits per heavy atom. The number of ether oxygens (including phenoxy) is 1. The van der Waals surface area contributed by atoms with Gasteiger partial charge in [-0.05, 0) is 35.9 Å². The zero-order chi connectivity index (χ0) is 18.4. The lowest BCUT2D eigenvalue weighted by Crippen LogP contribution is -2.24. The monoisotopic (exact) mass is 389 g/mol. The number of amides is 1. The zero-order valence-corrected chi connectivity index (χ0v) is 15.5. The Morgan fingerprint density at radius 2 is 2.08 bits per heavy atom. The highest BCUT2D eigenvalue weighted by Crippen LogP contribution is 2.25. The molecule has 1 aromatic heterocycles. The molecule has 134 valence electrons. The number of nitrogens with zero attached hydrogens (tertiary/aromatic N) is 2. The molecule has 1 heterocycles. The second-order valence-electron chi connectivity index (χ2n) is 5.30. The third-order valence-electron chi connectivity index (χ3n) is 3.43. The molecule has 6 nitrogen and oxygen atoms in total. The molecular weight excluding hydrogens is 374 g/mol. The van der Waals surface area contributed by atoms with E-state index in [1.807, 2.05) is 30.3 Å². The summed E-state index contributed by atoms with van der Waals surface area (Å²) in [5.41, 5.74) is 1.70. The summed E-state index contributed by atoms with van der Waals surface area (Å²) < 4.78 is 10.7. The van der Waals surface area contributed by atoms with E-state index in [1.54, 1.807) is 25.3 Å². The maximum atomic E-state index is 12.0. The number of carbonyl (C=O) groups excluding carboxylic acids is 1. The lowest BCUT2D eigenvalue weighted by Gasteiger charge is -2.06. The van der Waals surface area contributed by atoms with Crippen LogP contribution < -0.4 is 10.1 Å². The summed E-state index contributed by atoms with van der Waals surface area (Å²) in [4.78, 5) is 12.0. The molecule has 0 spiro atoms. The SMILES string of the molecule is COc1cccc(CNC(=O)CSc2nnc(-c3cccc(Cl)c3)o2)c1. The first kappa shape index (κ1) is 18.3. The van der Waals surface area contributed by atoms with Crippen molar-refractivity contribution in [2.24, 2.45) is 0 Å². The molecule has 0 aliphatic rings. The van der Waals surface area contributed by atoms with Gasteiger partial charge in [0.25, 0.3) is 5.22 Å². The summed E-state index contributed by atoms with van der Waals surface area (Å²) in [5.74, 6) is 1.18. The predicted molar refractivity (Wildman–Crippen MR) is 100 cm³/mol. The van der Waals surface area contributed by atoms with Crippen molar-refractivity contribution in [3.8, 4) is 17.2 Å². The number of hydrogen-bond donors (Lipinski definition) is 1. The highest BCUT2D eigenvalue weighted by Gasteiger charge is 2.11. The molecule has 0 radical (unpaired) electrons. The largest absolute Gasteiger partial charge is 0.497 e. The maximum Gasteiger partial charge on any atom is 0.277 e. The molecule has 0 bridgehead atoms. The molecule has 3 aromatic rings. The summed E-state index contributed by atoms with van der Waals surface area (Å²) >= 11 is 7.13. The molecule has 8 heteroatoms. The van der Waals surface area contributed by atoms with Crippen LogP contribution in [0.15, 0.2) is 58.2 Å². The molecule has 0 saturated heterocycles. The van der Waals surface area contributed by atoms with Crippen molar-refractivity contribution in [1.82, 2.24) is 15.5 Å². The summed E-state index contributed by atoms with van der Waals surface area (Å²) in [6, 6.07) is 14.7. The van der Waals surface area contributed by atoms with Crippen molar-refractivity contribution >= 4 is 29.3 Å². The van der Waals surface area contributed by atoms with Crippen LogP contribution in [-0.2, 0) is 11.3 Å². The smallest absolute Gasteiger partial charge is 0.277 e. The molecule has 0 fully saturated rings. The molecule has 26 heavy (non-hydrogen) atoms. The van der Waals surface area contributed by atoms with E-state index in [0.717, 1.165) is 16.9 Å². The normalized spacial score (nSPS) is 10.5. The molecule has 0 atom stereocenters. The fourth-order valence-electron chi connectivity index (χ4n) is 2.17. The minimum Gasteiger partial charge on any atom is -0.497 e. The van der Waals surface area contributed by atoms with Gasteiger partial charge in [0.15, 0.2) is 0 Å². The van der Waals surface area contributed by atoms with Crippen LogP contribution in [0.4, 0.5) is 0 Å². The Morgan fingerprint density at radius 1 is 1.23 bits per heavy atom. The Kier molecular flexibility index (Phi) is 6.14. The van der Waals surface area contributed by atoms with Gasteiger partial charge in [0.2, 0.25) is 11.8 Å². The van der Waals surface area contributed by atoms with Crippen molar-refractivity contribution in [3.63, 3.8) is 0 Å². The van der Waals surface area contributed by atoms with Crippen LogP contribution in [0.25, 0.3) is 11.5 Å². The van der Waals surface area contributed by atoms with E-state index in [-0.39, 0.29) is 11.7 Å². The van der Waals surface area contributed by atoms with Crippen molar-refractivity contribution in [2.45, 2.75) is 11.8 Å². The average molecular weight is 390 g/mol. The molecule has 1 N–H and O–H groups in total. The number of rotatable bonds is 7. The summed E-state index contributed by atoms with van der Waals surface area (Å²) in [6.07, 6.45) is 0. The van der Waals surface area contributed by atoms with Crippen LogP contribution in [0, 0.1) is 0 Å². The minimum atomic E-state index is -0.125. The van der Waals surface area contributed by atoms with Gasteiger partial charge in [0.1, 0.15) is 5.75 Å². The summed E-state index contributed by atoms with van der Waals surface area (Å²) in [7, 11) is 1.61. The third-order valence-corrected chi connectivity index (χ3v) is 4.48. The number of nitrogens with one attached hydrogen (secondary N) is 1. The van der Waals surface area contributed by atoms with E-state index in [4.69, 9.17) is 20.8 Å². The van der Waals surface area contributed by atoms with Crippen LogP contribution >= 0.6 is 23.4 Å². The number of aromatic nitrogens is 2. The Bertz CT molecular complexity index is 901. The predicted octanol–water partition coefficient (Wildman–Crippen LogP) is 3.81. The highest BCUT2D eigenvalue weighted by molar-refractivity contribution is 7.99. The fraction of sp³-hybridized carbons (Fsp3) is 0.167. The van der Waals surface area contributed by atoms with Gasteiger partial charge in [-0.3, -0.25) is 4.79 Å². The van der Waals surface area contributed by atoms with Gasteiger partial charge in [-0.25, -0.2) is 0 Å². The van der Waals surface area contributed by atoms with Gasteiger partial charge in [-0.1, -0.05) is 41.6 Å². The molecule has 0 saturated carbocycles. The molecule has 0 aliphatic carbocycles. The quantitative estimate of drug-likeness (QED) is 0.619. The number of hydrogen-bond acceptors (Lipinski definition) is 6. The van der Waals surface area contributed by atoms with Crippen LogP contribution in [0.1, 0.15) is 5.56 Å². The summed E-state index contributed by atoms with van der Waals surface area (Å²) in [6.45, 7) is 0.425. The third kappa shape index (κ3) is 5.00. The van der Waals surface area contributed by atoms with E-state index in [2.05, 4.69) is 15.5 Å². The lowest BCUT2D eigenvalue weighted by molar-refractivity contribution is -0.118. The van der Waals surface area contributed by atoms with Crippen LogP contribution in [0.3, 0.4) is 0 Å². The Labute approximate surface area is 159 Å². The summed E-state index contributed by atoms with van der Waals surface area (Å²) in [5, 5.41) is 11.7. The van der Waals surface area contributed by atoms with E-state index >= 15 is 0 Å². The van der Waals surface area contributed by atoms with E-state index in [1.165, 1.54) is 11.8 Å². The molecule has 3 rings (SSSR count).